The van der Waals surface area contributed by atoms with Crippen molar-refractivity contribution in [1.82, 2.24) is 5.32 Å². The standard InChI is InChI=1S/C14H19F3N2O/c1-9(2)19-13(20)6-7-18-12-8-11(14(15,16)17)5-4-10(12)3/h4-5,8-9,18H,6-7H2,1-3H3,(H,19,20). The van der Waals surface area contributed by atoms with Crippen LogP contribution < -0.4 is 10.6 Å². The summed E-state index contributed by atoms with van der Waals surface area (Å²) in [4.78, 5) is 11.4. The number of aryl methyl sites for hydroxylation is 1. The zero-order valence-electron chi connectivity index (χ0n) is 11.8. The summed E-state index contributed by atoms with van der Waals surface area (Å²) in [5.74, 6) is -0.128. The quantitative estimate of drug-likeness (QED) is 0.872. The van der Waals surface area contributed by atoms with Crippen molar-refractivity contribution in [1.29, 1.82) is 0 Å². The van der Waals surface area contributed by atoms with Gasteiger partial charge >= 0.3 is 6.18 Å². The number of benzene rings is 1. The molecule has 0 saturated heterocycles. The van der Waals surface area contributed by atoms with Crippen LogP contribution in [0.15, 0.2) is 18.2 Å². The topological polar surface area (TPSA) is 41.1 Å². The van der Waals surface area contributed by atoms with Crippen molar-refractivity contribution in [3.63, 3.8) is 0 Å². The van der Waals surface area contributed by atoms with Gasteiger partial charge in [0.15, 0.2) is 0 Å². The third-order valence-electron chi connectivity index (χ3n) is 2.68. The molecule has 20 heavy (non-hydrogen) atoms. The first-order valence-electron chi connectivity index (χ1n) is 6.41. The highest BCUT2D eigenvalue weighted by molar-refractivity contribution is 5.76. The Morgan fingerprint density at radius 1 is 1.30 bits per heavy atom. The maximum absolute atomic E-state index is 12.6. The lowest BCUT2D eigenvalue weighted by Gasteiger charge is -2.14. The Morgan fingerprint density at radius 3 is 2.50 bits per heavy atom. The van der Waals surface area contributed by atoms with E-state index in [-0.39, 0.29) is 18.4 Å². The van der Waals surface area contributed by atoms with Crippen molar-refractivity contribution in [2.45, 2.75) is 39.4 Å². The van der Waals surface area contributed by atoms with Crippen LogP contribution in [-0.2, 0) is 11.0 Å². The highest BCUT2D eigenvalue weighted by Crippen LogP contribution is 2.31. The van der Waals surface area contributed by atoms with Gasteiger partial charge in [0.25, 0.3) is 0 Å². The van der Waals surface area contributed by atoms with Crippen LogP contribution in [0.5, 0.6) is 0 Å². The molecular formula is C14H19F3N2O. The number of nitrogens with one attached hydrogen (secondary N) is 2. The normalized spacial score (nSPS) is 11.6. The van der Waals surface area contributed by atoms with Crippen LogP contribution >= 0.6 is 0 Å². The van der Waals surface area contributed by atoms with Crippen LogP contribution in [0.25, 0.3) is 0 Å². The molecule has 0 atom stereocenters. The Kier molecular flexibility index (Phi) is 5.42. The lowest BCUT2D eigenvalue weighted by Crippen LogP contribution is -2.31. The largest absolute Gasteiger partial charge is 0.416 e. The number of hydrogen-bond donors (Lipinski definition) is 2. The van der Waals surface area contributed by atoms with Crippen molar-refractivity contribution in [3.05, 3.63) is 29.3 Å². The van der Waals surface area contributed by atoms with E-state index in [0.717, 1.165) is 12.1 Å². The molecule has 0 aliphatic carbocycles. The Balaban J connectivity index is 2.62. The van der Waals surface area contributed by atoms with Crippen molar-refractivity contribution in [2.75, 3.05) is 11.9 Å². The molecule has 0 aromatic heterocycles. The third kappa shape index (κ3) is 5.11. The number of rotatable bonds is 5. The van der Waals surface area contributed by atoms with Gasteiger partial charge in [-0.05, 0) is 38.5 Å². The summed E-state index contributed by atoms with van der Waals surface area (Å²) in [6, 6.07) is 3.58. The molecule has 112 valence electrons. The van der Waals surface area contributed by atoms with Crippen LogP contribution in [0.4, 0.5) is 18.9 Å². The van der Waals surface area contributed by atoms with Gasteiger partial charge in [0, 0.05) is 24.7 Å². The molecule has 0 aliphatic rings. The monoisotopic (exact) mass is 288 g/mol. The van der Waals surface area contributed by atoms with Gasteiger partial charge in [-0.25, -0.2) is 0 Å². The number of carbonyl (C=O) groups excluding carboxylic acids is 1. The Morgan fingerprint density at radius 2 is 1.95 bits per heavy atom. The van der Waals surface area contributed by atoms with Gasteiger partial charge in [-0.15, -0.1) is 0 Å². The van der Waals surface area contributed by atoms with Gasteiger partial charge in [-0.3, -0.25) is 4.79 Å². The first-order chi connectivity index (χ1) is 9.20. The van der Waals surface area contributed by atoms with E-state index in [9.17, 15) is 18.0 Å². The van der Waals surface area contributed by atoms with E-state index in [2.05, 4.69) is 10.6 Å². The lowest BCUT2D eigenvalue weighted by molar-refractivity contribution is -0.137. The third-order valence-corrected chi connectivity index (χ3v) is 2.68. The molecule has 0 bridgehead atoms. The van der Waals surface area contributed by atoms with Crippen LogP contribution in [0.2, 0.25) is 0 Å². The molecule has 0 saturated carbocycles. The molecule has 1 rings (SSSR count). The summed E-state index contributed by atoms with van der Waals surface area (Å²) in [5, 5.41) is 5.59. The van der Waals surface area contributed by atoms with E-state index in [1.54, 1.807) is 6.92 Å². The van der Waals surface area contributed by atoms with Crippen LogP contribution in [0.3, 0.4) is 0 Å². The SMILES string of the molecule is Cc1ccc(C(F)(F)F)cc1NCCC(=O)NC(C)C. The molecule has 1 aromatic carbocycles. The van der Waals surface area contributed by atoms with Crippen molar-refractivity contribution in [3.8, 4) is 0 Å². The summed E-state index contributed by atoms with van der Waals surface area (Å²) < 4.78 is 37.8. The molecule has 3 nitrogen and oxygen atoms in total. The van der Waals surface area contributed by atoms with Gasteiger partial charge in [0.05, 0.1) is 5.56 Å². The number of amides is 1. The summed E-state index contributed by atoms with van der Waals surface area (Å²) in [6.07, 6.45) is -4.15. The summed E-state index contributed by atoms with van der Waals surface area (Å²) >= 11 is 0. The number of carbonyl (C=O) groups is 1. The molecule has 1 amide bonds. The Labute approximate surface area is 116 Å². The van der Waals surface area contributed by atoms with Gasteiger partial charge in [-0.2, -0.15) is 13.2 Å². The second-order valence-corrected chi connectivity index (χ2v) is 4.93. The molecule has 0 radical (unpaired) electrons. The van der Waals surface area contributed by atoms with E-state index >= 15 is 0 Å². The molecule has 0 spiro atoms. The van der Waals surface area contributed by atoms with Crippen molar-refractivity contribution in [2.24, 2.45) is 0 Å². The number of hydrogen-bond acceptors (Lipinski definition) is 2. The van der Waals surface area contributed by atoms with E-state index < -0.39 is 11.7 Å². The second kappa shape index (κ2) is 6.63. The molecule has 2 N–H and O–H groups in total. The molecule has 6 heteroatoms. The zero-order chi connectivity index (χ0) is 15.3. The molecule has 0 heterocycles. The van der Waals surface area contributed by atoms with Gasteiger partial charge in [0.1, 0.15) is 0 Å². The minimum absolute atomic E-state index is 0.0535. The number of anilines is 1. The fraction of sp³-hybridized carbons (Fsp3) is 0.500. The smallest absolute Gasteiger partial charge is 0.384 e. The fourth-order valence-electron chi connectivity index (χ4n) is 1.69. The molecule has 0 unspecified atom stereocenters. The fourth-order valence-corrected chi connectivity index (χ4v) is 1.69. The second-order valence-electron chi connectivity index (χ2n) is 4.93. The van der Waals surface area contributed by atoms with Gasteiger partial charge in [-0.1, -0.05) is 6.07 Å². The first kappa shape index (κ1) is 16.3. The van der Waals surface area contributed by atoms with E-state index in [0.29, 0.717) is 17.8 Å². The van der Waals surface area contributed by atoms with E-state index in [1.807, 2.05) is 13.8 Å². The summed E-state index contributed by atoms with van der Waals surface area (Å²) in [6.45, 7) is 5.71. The lowest BCUT2D eigenvalue weighted by atomic mass is 10.1. The highest BCUT2D eigenvalue weighted by Gasteiger charge is 2.30. The van der Waals surface area contributed by atoms with E-state index in [4.69, 9.17) is 0 Å². The molecular weight excluding hydrogens is 269 g/mol. The molecule has 0 aliphatic heterocycles. The summed E-state index contributed by atoms with van der Waals surface area (Å²) in [7, 11) is 0. The minimum atomic E-state index is -4.36. The first-order valence-corrected chi connectivity index (χ1v) is 6.41. The Bertz CT molecular complexity index is 470. The zero-order valence-corrected chi connectivity index (χ0v) is 11.8. The average molecular weight is 288 g/mol. The predicted molar refractivity (Wildman–Crippen MR) is 72.6 cm³/mol. The maximum atomic E-state index is 12.6. The van der Waals surface area contributed by atoms with Crippen molar-refractivity contribution >= 4 is 11.6 Å². The van der Waals surface area contributed by atoms with Gasteiger partial charge < -0.3 is 10.6 Å². The van der Waals surface area contributed by atoms with Gasteiger partial charge in [0.2, 0.25) is 5.91 Å². The van der Waals surface area contributed by atoms with Crippen LogP contribution in [-0.4, -0.2) is 18.5 Å². The van der Waals surface area contributed by atoms with Crippen molar-refractivity contribution < 1.29 is 18.0 Å². The van der Waals surface area contributed by atoms with E-state index in [1.165, 1.54) is 6.07 Å². The highest BCUT2D eigenvalue weighted by atomic mass is 19.4. The maximum Gasteiger partial charge on any atom is 0.416 e. The average Bonchev–Trinajstić information content (AvgIpc) is 2.29. The summed E-state index contributed by atoms with van der Waals surface area (Å²) in [5.41, 5.74) is 0.414. The predicted octanol–water partition coefficient (Wildman–Crippen LogP) is 3.34. The number of halogens is 3. The molecule has 0 fully saturated rings. The van der Waals surface area contributed by atoms with Crippen LogP contribution in [0.1, 0.15) is 31.4 Å². The number of alkyl halides is 3. The van der Waals surface area contributed by atoms with Crippen LogP contribution in [0, 0.1) is 6.92 Å². The minimum Gasteiger partial charge on any atom is -0.384 e. The Hall–Kier alpha value is -1.72. The molecule has 1 aromatic rings.